The van der Waals surface area contributed by atoms with E-state index in [4.69, 9.17) is 0 Å². The second-order valence-corrected chi connectivity index (χ2v) is 7.08. The zero-order valence-corrected chi connectivity index (χ0v) is 15.0. The number of benzene rings is 2. The molecule has 5 rings (SSSR count). The van der Waals surface area contributed by atoms with E-state index in [-0.39, 0.29) is 5.91 Å². The van der Waals surface area contributed by atoms with Gasteiger partial charge in [0.1, 0.15) is 5.52 Å². The number of para-hydroxylation sites is 1. The molecule has 1 amide bonds. The maximum absolute atomic E-state index is 12.7. The van der Waals surface area contributed by atoms with Gasteiger partial charge in [-0.1, -0.05) is 30.3 Å². The fraction of sp³-hybridized carbons (Fsp3) is 0.227. The Morgan fingerprint density at radius 2 is 1.81 bits per heavy atom. The molecule has 1 aliphatic rings. The first kappa shape index (κ1) is 16.0. The quantitative estimate of drug-likeness (QED) is 0.560. The molecule has 0 atom stereocenters. The van der Waals surface area contributed by atoms with Crippen molar-refractivity contribution in [3.63, 3.8) is 0 Å². The number of amides is 1. The van der Waals surface area contributed by atoms with Gasteiger partial charge in [-0.2, -0.15) is 0 Å². The van der Waals surface area contributed by atoms with E-state index in [1.807, 2.05) is 53.8 Å². The van der Waals surface area contributed by atoms with Crippen molar-refractivity contribution in [3.05, 3.63) is 72.2 Å². The summed E-state index contributed by atoms with van der Waals surface area (Å²) in [6, 6.07) is 16.1. The summed E-state index contributed by atoms with van der Waals surface area (Å²) in [5, 5.41) is 1.09. The summed E-state index contributed by atoms with van der Waals surface area (Å²) in [5.41, 5.74) is 4.80. The van der Waals surface area contributed by atoms with Gasteiger partial charge in [-0.15, -0.1) is 0 Å². The van der Waals surface area contributed by atoms with E-state index in [9.17, 15) is 4.79 Å². The molecule has 0 unspecified atom stereocenters. The standard InChI is InChI=1S/C22H20N4O/c27-22(25-10-3-4-11-25)17-7-5-6-16(12-17)14-26-15-24-20-13-23-19-9-2-1-8-18(19)21(20)26/h1-2,5-9,12-13,15H,3-4,10-11,14H2. The van der Waals surface area contributed by atoms with Gasteiger partial charge in [0.15, 0.2) is 0 Å². The SMILES string of the molecule is O=C(c1cccc(Cn2cnc3cnc4ccccc4c32)c1)N1CCCC1. The summed E-state index contributed by atoms with van der Waals surface area (Å²) in [6.07, 6.45) is 5.89. The highest BCUT2D eigenvalue weighted by Gasteiger charge is 2.19. The molecular formula is C22H20N4O. The normalized spacial score (nSPS) is 14.3. The second kappa shape index (κ2) is 6.50. The molecule has 5 heteroatoms. The average Bonchev–Trinajstić information content (AvgIpc) is 3.38. The fourth-order valence-corrected chi connectivity index (χ4v) is 3.92. The van der Waals surface area contributed by atoms with Gasteiger partial charge in [0.05, 0.1) is 23.6 Å². The molecule has 0 saturated carbocycles. The number of imidazole rings is 1. The zero-order valence-electron chi connectivity index (χ0n) is 15.0. The molecule has 1 fully saturated rings. The molecular weight excluding hydrogens is 336 g/mol. The molecule has 0 aliphatic carbocycles. The molecule has 1 saturated heterocycles. The maximum Gasteiger partial charge on any atom is 0.253 e. The lowest BCUT2D eigenvalue weighted by Gasteiger charge is -2.16. The fourth-order valence-electron chi connectivity index (χ4n) is 3.92. The molecule has 1 aliphatic heterocycles. The molecule has 0 bridgehead atoms. The molecule has 27 heavy (non-hydrogen) atoms. The Hall–Kier alpha value is -3.21. The van der Waals surface area contributed by atoms with Crippen LogP contribution in [0.15, 0.2) is 61.1 Å². The van der Waals surface area contributed by atoms with Crippen molar-refractivity contribution in [3.8, 4) is 0 Å². The lowest BCUT2D eigenvalue weighted by molar-refractivity contribution is 0.0792. The molecule has 0 spiro atoms. The summed E-state index contributed by atoms with van der Waals surface area (Å²) in [4.78, 5) is 23.6. The monoisotopic (exact) mass is 356 g/mol. The van der Waals surface area contributed by atoms with Gasteiger partial charge in [-0.25, -0.2) is 4.98 Å². The topological polar surface area (TPSA) is 51.0 Å². The van der Waals surface area contributed by atoms with Crippen molar-refractivity contribution in [2.24, 2.45) is 0 Å². The van der Waals surface area contributed by atoms with Crippen molar-refractivity contribution in [1.29, 1.82) is 0 Å². The van der Waals surface area contributed by atoms with Crippen LogP contribution in [0.25, 0.3) is 21.9 Å². The number of fused-ring (bicyclic) bond motifs is 3. The Labute approximate surface area is 157 Å². The van der Waals surface area contributed by atoms with Crippen molar-refractivity contribution in [2.75, 3.05) is 13.1 Å². The van der Waals surface area contributed by atoms with Crippen LogP contribution in [0.3, 0.4) is 0 Å². The van der Waals surface area contributed by atoms with Crippen LogP contribution in [0.1, 0.15) is 28.8 Å². The Morgan fingerprint density at radius 3 is 2.70 bits per heavy atom. The Bertz CT molecular complexity index is 1140. The van der Waals surface area contributed by atoms with E-state index in [1.54, 1.807) is 0 Å². The van der Waals surface area contributed by atoms with Crippen molar-refractivity contribution < 1.29 is 4.79 Å². The minimum atomic E-state index is 0.138. The highest BCUT2D eigenvalue weighted by molar-refractivity contribution is 6.02. The second-order valence-electron chi connectivity index (χ2n) is 7.08. The van der Waals surface area contributed by atoms with E-state index < -0.39 is 0 Å². The lowest BCUT2D eigenvalue weighted by atomic mass is 10.1. The number of hydrogen-bond acceptors (Lipinski definition) is 3. The van der Waals surface area contributed by atoms with Gasteiger partial charge in [-0.3, -0.25) is 9.78 Å². The Balaban J connectivity index is 1.51. The number of carbonyl (C=O) groups is 1. The van der Waals surface area contributed by atoms with Gasteiger partial charge in [-0.05, 0) is 36.6 Å². The van der Waals surface area contributed by atoms with Crippen LogP contribution in [-0.2, 0) is 6.54 Å². The van der Waals surface area contributed by atoms with E-state index in [0.717, 1.165) is 59.0 Å². The number of carbonyl (C=O) groups excluding carboxylic acids is 1. The van der Waals surface area contributed by atoms with Gasteiger partial charge in [0.2, 0.25) is 0 Å². The molecule has 5 nitrogen and oxygen atoms in total. The minimum absolute atomic E-state index is 0.138. The van der Waals surface area contributed by atoms with Gasteiger partial charge in [0.25, 0.3) is 5.91 Å². The predicted octanol–water partition coefficient (Wildman–Crippen LogP) is 3.87. The minimum Gasteiger partial charge on any atom is -0.339 e. The third-order valence-electron chi connectivity index (χ3n) is 5.27. The molecule has 3 heterocycles. The number of hydrogen-bond donors (Lipinski definition) is 0. The first-order chi connectivity index (χ1) is 13.3. The van der Waals surface area contributed by atoms with Crippen LogP contribution in [0, 0.1) is 0 Å². The number of nitrogens with zero attached hydrogens (tertiary/aromatic N) is 4. The third-order valence-corrected chi connectivity index (χ3v) is 5.27. The summed E-state index contributed by atoms with van der Waals surface area (Å²) >= 11 is 0. The number of likely N-dealkylation sites (tertiary alicyclic amines) is 1. The predicted molar refractivity (Wildman–Crippen MR) is 106 cm³/mol. The number of pyridine rings is 1. The molecule has 134 valence electrons. The van der Waals surface area contributed by atoms with Crippen molar-refractivity contribution >= 4 is 27.8 Å². The van der Waals surface area contributed by atoms with Crippen LogP contribution >= 0.6 is 0 Å². The Kier molecular flexibility index (Phi) is 3.85. The van der Waals surface area contributed by atoms with E-state index in [1.165, 1.54) is 0 Å². The van der Waals surface area contributed by atoms with Crippen LogP contribution < -0.4 is 0 Å². The molecule has 2 aromatic heterocycles. The first-order valence-electron chi connectivity index (χ1n) is 9.36. The largest absolute Gasteiger partial charge is 0.339 e. The molecule has 0 radical (unpaired) electrons. The summed E-state index contributed by atoms with van der Waals surface area (Å²) in [5.74, 6) is 0.138. The van der Waals surface area contributed by atoms with Crippen LogP contribution in [0.5, 0.6) is 0 Å². The van der Waals surface area contributed by atoms with Gasteiger partial charge < -0.3 is 9.47 Å². The van der Waals surface area contributed by atoms with Crippen LogP contribution in [0.2, 0.25) is 0 Å². The van der Waals surface area contributed by atoms with Crippen molar-refractivity contribution in [2.45, 2.75) is 19.4 Å². The molecule has 2 aromatic carbocycles. The maximum atomic E-state index is 12.7. The number of aromatic nitrogens is 3. The number of rotatable bonds is 3. The summed E-state index contributed by atoms with van der Waals surface area (Å²) in [7, 11) is 0. The van der Waals surface area contributed by atoms with E-state index in [2.05, 4.69) is 26.7 Å². The Morgan fingerprint density at radius 1 is 0.963 bits per heavy atom. The van der Waals surface area contributed by atoms with Gasteiger partial charge >= 0.3 is 0 Å². The van der Waals surface area contributed by atoms with E-state index in [0.29, 0.717) is 6.54 Å². The third kappa shape index (κ3) is 2.85. The smallest absolute Gasteiger partial charge is 0.253 e. The van der Waals surface area contributed by atoms with Crippen LogP contribution in [-0.4, -0.2) is 38.4 Å². The summed E-state index contributed by atoms with van der Waals surface area (Å²) in [6.45, 7) is 2.41. The average molecular weight is 356 g/mol. The molecule has 0 N–H and O–H groups in total. The van der Waals surface area contributed by atoms with Gasteiger partial charge in [0, 0.05) is 30.6 Å². The molecule has 4 aromatic rings. The highest BCUT2D eigenvalue weighted by Crippen LogP contribution is 2.24. The summed E-state index contributed by atoms with van der Waals surface area (Å²) < 4.78 is 2.14. The zero-order chi connectivity index (χ0) is 18.2. The van der Waals surface area contributed by atoms with Crippen LogP contribution in [0.4, 0.5) is 0 Å². The lowest BCUT2D eigenvalue weighted by Crippen LogP contribution is -2.27. The van der Waals surface area contributed by atoms with E-state index >= 15 is 0 Å². The highest BCUT2D eigenvalue weighted by atomic mass is 16.2. The van der Waals surface area contributed by atoms with Crippen molar-refractivity contribution in [1.82, 2.24) is 19.4 Å². The first-order valence-corrected chi connectivity index (χ1v) is 9.36.